The van der Waals surface area contributed by atoms with Gasteiger partial charge < -0.3 is 9.80 Å². The second kappa shape index (κ2) is 5.00. The number of piperidine rings is 2. The van der Waals surface area contributed by atoms with Crippen LogP contribution in [-0.4, -0.2) is 41.0 Å². The number of fused-ring (bicyclic) bond motifs is 1. The van der Waals surface area contributed by atoms with Crippen LogP contribution in [0.1, 0.15) is 37.7 Å². The van der Waals surface area contributed by atoms with E-state index in [1.807, 2.05) is 12.3 Å². The third-order valence-electron chi connectivity index (χ3n) is 5.23. The highest BCUT2D eigenvalue weighted by molar-refractivity contribution is 5.78. The topological polar surface area (TPSA) is 36.4 Å². The molecule has 0 N–H and O–H groups in total. The van der Waals surface area contributed by atoms with Gasteiger partial charge in [-0.1, -0.05) is 0 Å². The first-order valence-corrected chi connectivity index (χ1v) is 8.21. The van der Waals surface area contributed by atoms with E-state index in [4.69, 9.17) is 0 Å². The van der Waals surface area contributed by atoms with E-state index in [9.17, 15) is 4.79 Å². The van der Waals surface area contributed by atoms with Gasteiger partial charge in [0.05, 0.1) is 0 Å². The van der Waals surface area contributed by atoms with E-state index in [2.05, 4.69) is 27.8 Å². The average Bonchev–Trinajstić information content (AvgIpc) is 3.31. The van der Waals surface area contributed by atoms with Gasteiger partial charge >= 0.3 is 0 Å². The molecule has 2 aliphatic heterocycles. The number of anilines is 1. The van der Waals surface area contributed by atoms with Crippen LogP contribution in [0.15, 0.2) is 18.3 Å². The standard InChI is InChI=1S/C17H23N3O/c1-12-6-8-18-16(10-12)19-9-7-15-13(11-19)2-5-17(21)20(15)14-3-4-14/h6,8,10,13-15H,2-5,7,9,11H2,1H3. The number of hydrogen-bond donors (Lipinski definition) is 0. The lowest BCUT2D eigenvalue weighted by atomic mass is 9.83. The molecule has 4 heteroatoms. The van der Waals surface area contributed by atoms with Gasteiger partial charge in [0.15, 0.2) is 0 Å². The van der Waals surface area contributed by atoms with Gasteiger partial charge in [0.2, 0.25) is 5.91 Å². The molecule has 3 heterocycles. The fourth-order valence-electron chi connectivity index (χ4n) is 4.02. The molecule has 0 aromatic carbocycles. The summed E-state index contributed by atoms with van der Waals surface area (Å²) in [6.07, 6.45) is 7.23. The summed E-state index contributed by atoms with van der Waals surface area (Å²) in [5.41, 5.74) is 1.26. The summed E-state index contributed by atoms with van der Waals surface area (Å²) < 4.78 is 0. The smallest absolute Gasteiger partial charge is 0.223 e. The molecule has 1 aliphatic carbocycles. The number of amides is 1. The van der Waals surface area contributed by atoms with Crippen LogP contribution in [0.2, 0.25) is 0 Å². The minimum Gasteiger partial charge on any atom is -0.356 e. The maximum Gasteiger partial charge on any atom is 0.223 e. The number of hydrogen-bond acceptors (Lipinski definition) is 3. The van der Waals surface area contributed by atoms with Crippen molar-refractivity contribution < 1.29 is 4.79 Å². The summed E-state index contributed by atoms with van der Waals surface area (Å²) in [4.78, 5) is 21.4. The largest absolute Gasteiger partial charge is 0.356 e. The van der Waals surface area contributed by atoms with Crippen LogP contribution in [0.25, 0.3) is 0 Å². The average molecular weight is 285 g/mol. The van der Waals surface area contributed by atoms with Gasteiger partial charge in [-0.05, 0) is 56.2 Å². The fourth-order valence-corrected chi connectivity index (χ4v) is 4.02. The Labute approximate surface area is 126 Å². The van der Waals surface area contributed by atoms with Crippen LogP contribution in [-0.2, 0) is 4.79 Å². The van der Waals surface area contributed by atoms with E-state index in [0.717, 1.165) is 38.2 Å². The lowest BCUT2D eigenvalue weighted by Gasteiger charge is -2.47. The highest BCUT2D eigenvalue weighted by Gasteiger charge is 2.45. The Bertz CT molecular complexity index is 555. The normalized spacial score (nSPS) is 29.5. The monoisotopic (exact) mass is 285 g/mol. The zero-order valence-corrected chi connectivity index (χ0v) is 12.7. The zero-order chi connectivity index (χ0) is 14.4. The molecule has 112 valence electrons. The van der Waals surface area contributed by atoms with Crippen molar-refractivity contribution in [3.8, 4) is 0 Å². The van der Waals surface area contributed by atoms with E-state index in [-0.39, 0.29) is 0 Å². The molecular formula is C17H23N3O. The molecule has 1 aromatic heterocycles. The molecule has 21 heavy (non-hydrogen) atoms. The minimum atomic E-state index is 0.404. The molecule has 4 nitrogen and oxygen atoms in total. The fraction of sp³-hybridized carbons (Fsp3) is 0.647. The summed E-state index contributed by atoms with van der Waals surface area (Å²) in [6.45, 7) is 4.19. The van der Waals surface area contributed by atoms with Crippen LogP contribution in [0.5, 0.6) is 0 Å². The number of aromatic nitrogens is 1. The zero-order valence-electron chi connectivity index (χ0n) is 12.7. The second-order valence-electron chi connectivity index (χ2n) is 6.82. The molecule has 3 fully saturated rings. The van der Waals surface area contributed by atoms with E-state index in [1.54, 1.807) is 0 Å². The summed E-state index contributed by atoms with van der Waals surface area (Å²) in [6, 6.07) is 5.27. The number of nitrogens with zero attached hydrogens (tertiary/aromatic N) is 3. The Morgan fingerprint density at radius 1 is 1.24 bits per heavy atom. The van der Waals surface area contributed by atoms with Crippen molar-refractivity contribution in [2.75, 3.05) is 18.0 Å². The van der Waals surface area contributed by atoms with Crippen molar-refractivity contribution >= 4 is 11.7 Å². The molecule has 0 spiro atoms. The second-order valence-corrected chi connectivity index (χ2v) is 6.82. The molecule has 2 saturated heterocycles. The van der Waals surface area contributed by atoms with E-state index in [0.29, 0.717) is 23.9 Å². The first-order valence-electron chi connectivity index (χ1n) is 8.21. The predicted molar refractivity (Wildman–Crippen MR) is 82.2 cm³/mol. The SMILES string of the molecule is Cc1ccnc(N2CCC3C(CCC(=O)N3C3CC3)C2)c1. The van der Waals surface area contributed by atoms with Gasteiger partial charge in [-0.3, -0.25) is 4.79 Å². The molecule has 1 aromatic rings. The third-order valence-corrected chi connectivity index (χ3v) is 5.23. The van der Waals surface area contributed by atoms with Gasteiger partial charge in [-0.15, -0.1) is 0 Å². The lowest BCUT2D eigenvalue weighted by Crippen LogP contribution is -2.56. The molecule has 1 saturated carbocycles. The van der Waals surface area contributed by atoms with E-state index >= 15 is 0 Å². The number of carbonyl (C=O) groups is 1. The van der Waals surface area contributed by atoms with Crippen molar-refractivity contribution in [2.45, 2.75) is 51.1 Å². The van der Waals surface area contributed by atoms with Gasteiger partial charge in [0.25, 0.3) is 0 Å². The minimum absolute atomic E-state index is 0.404. The van der Waals surface area contributed by atoms with Crippen LogP contribution >= 0.6 is 0 Å². The maximum atomic E-state index is 12.2. The number of rotatable bonds is 2. The first kappa shape index (κ1) is 13.1. The number of carbonyl (C=O) groups excluding carboxylic acids is 1. The quantitative estimate of drug-likeness (QED) is 0.837. The van der Waals surface area contributed by atoms with Gasteiger partial charge in [0, 0.05) is 37.8 Å². The maximum absolute atomic E-state index is 12.2. The van der Waals surface area contributed by atoms with Crippen LogP contribution in [0.4, 0.5) is 5.82 Å². The highest BCUT2D eigenvalue weighted by Crippen LogP contribution is 2.39. The Hall–Kier alpha value is -1.58. The molecule has 0 bridgehead atoms. The molecule has 2 unspecified atom stereocenters. The Morgan fingerprint density at radius 3 is 2.86 bits per heavy atom. The number of aryl methyl sites for hydroxylation is 1. The lowest BCUT2D eigenvalue weighted by molar-refractivity contribution is -0.140. The Balaban J connectivity index is 1.52. The van der Waals surface area contributed by atoms with Crippen molar-refractivity contribution in [1.82, 2.24) is 9.88 Å². The van der Waals surface area contributed by atoms with Crippen LogP contribution < -0.4 is 4.90 Å². The Morgan fingerprint density at radius 2 is 2.10 bits per heavy atom. The molecule has 4 rings (SSSR count). The molecular weight excluding hydrogens is 262 g/mol. The van der Waals surface area contributed by atoms with Gasteiger partial charge in [-0.2, -0.15) is 0 Å². The summed E-state index contributed by atoms with van der Waals surface area (Å²) in [5.74, 6) is 2.13. The van der Waals surface area contributed by atoms with Crippen LogP contribution in [0, 0.1) is 12.8 Å². The third kappa shape index (κ3) is 2.41. The van der Waals surface area contributed by atoms with Crippen molar-refractivity contribution in [3.63, 3.8) is 0 Å². The van der Waals surface area contributed by atoms with Crippen molar-refractivity contribution in [1.29, 1.82) is 0 Å². The molecule has 2 atom stereocenters. The van der Waals surface area contributed by atoms with Gasteiger partial charge in [-0.25, -0.2) is 4.98 Å². The first-order chi connectivity index (χ1) is 10.2. The molecule has 3 aliphatic rings. The van der Waals surface area contributed by atoms with Crippen LogP contribution in [0.3, 0.4) is 0 Å². The van der Waals surface area contributed by atoms with E-state index < -0.39 is 0 Å². The summed E-state index contributed by atoms with van der Waals surface area (Å²) in [7, 11) is 0. The summed E-state index contributed by atoms with van der Waals surface area (Å²) >= 11 is 0. The Kier molecular flexibility index (Phi) is 3.12. The highest BCUT2D eigenvalue weighted by atomic mass is 16.2. The number of pyridine rings is 1. The van der Waals surface area contributed by atoms with E-state index in [1.165, 1.54) is 18.4 Å². The predicted octanol–water partition coefficient (Wildman–Crippen LogP) is 2.37. The van der Waals surface area contributed by atoms with Crippen molar-refractivity contribution in [2.24, 2.45) is 5.92 Å². The van der Waals surface area contributed by atoms with Crippen molar-refractivity contribution in [3.05, 3.63) is 23.9 Å². The van der Waals surface area contributed by atoms with Gasteiger partial charge in [0.1, 0.15) is 5.82 Å². The molecule has 1 amide bonds. The number of likely N-dealkylation sites (tertiary alicyclic amines) is 1. The molecule has 0 radical (unpaired) electrons. The summed E-state index contributed by atoms with van der Waals surface area (Å²) in [5, 5.41) is 0.